The molecule has 0 saturated heterocycles. The lowest BCUT2D eigenvalue weighted by Gasteiger charge is -2.22. The Balaban J connectivity index is 2.51. The molecular weight excluding hydrogens is 251 g/mol. The average molecular weight is 272 g/mol. The first-order valence-electron chi connectivity index (χ1n) is 6.97. The van der Waals surface area contributed by atoms with Crippen molar-refractivity contribution in [1.82, 2.24) is 0 Å². The number of aliphatic hydroxyl groups excluding tert-OH is 1. The van der Waals surface area contributed by atoms with Gasteiger partial charge in [0.05, 0.1) is 0 Å². The lowest BCUT2D eigenvalue weighted by Crippen LogP contribution is -2.08. The van der Waals surface area contributed by atoms with Gasteiger partial charge in [-0.15, -0.1) is 0 Å². The van der Waals surface area contributed by atoms with E-state index in [1.807, 2.05) is 12.1 Å². The molecule has 2 heteroatoms. The van der Waals surface area contributed by atoms with Crippen LogP contribution in [0.3, 0.4) is 0 Å². The minimum absolute atomic E-state index is 0.112. The zero-order valence-corrected chi connectivity index (χ0v) is 12.3. The van der Waals surface area contributed by atoms with Gasteiger partial charge in [0.1, 0.15) is 5.82 Å². The molecule has 0 spiro atoms. The van der Waals surface area contributed by atoms with E-state index in [4.69, 9.17) is 0 Å². The van der Waals surface area contributed by atoms with E-state index >= 15 is 0 Å². The van der Waals surface area contributed by atoms with E-state index in [0.717, 1.165) is 5.56 Å². The van der Waals surface area contributed by atoms with Crippen molar-refractivity contribution in [1.29, 1.82) is 0 Å². The molecule has 2 rings (SSSR count). The van der Waals surface area contributed by atoms with E-state index in [-0.39, 0.29) is 18.3 Å². The van der Waals surface area contributed by atoms with Gasteiger partial charge in [0.2, 0.25) is 0 Å². The number of aliphatic hydroxyl groups is 1. The van der Waals surface area contributed by atoms with Gasteiger partial charge < -0.3 is 5.11 Å². The van der Waals surface area contributed by atoms with Crippen LogP contribution >= 0.6 is 0 Å². The van der Waals surface area contributed by atoms with Crippen LogP contribution in [0.25, 0.3) is 0 Å². The van der Waals surface area contributed by atoms with Gasteiger partial charge in [-0.2, -0.15) is 0 Å². The summed E-state index contributed by atoms with van der Waals surface area (Å²) in [6.07, 6.45) is 0.649. The van der Waals surface area contributed by atoms with Gasteiger partial charge in [-0.1, -0.05) is 29.8 Å². The second kappa shape index (κ2) is 6.19. The Morgan fingerprint density at radius 2 is 1.55 bits per heavy atom. The molecular formula is C18H21FO. The van der Waals surface area contributed by atoms with Crippen molar-refractivity contribution in [3.8, 4) is 0 Å². The number of halogens is 1. The van der Waals surface area contributed by atoms with E-state index in [2.05, 4.69) is 32.9 Å². The van der Waals surface area contributed by atoms with Crippen molar-refractivity contribution in [2.75, 3.05) is 6.61 Å². The number of hydrogen-bond acceptors (Lipinski definition) is 1. The number of benzene rings is 2. The molecule has 2 aromatic carbocycles. The summed E-state index contributed by atoms with van der Waals surface area (Å²) in [6, 6.07) is 10.9. The Hall–Kier alpha value is -1.67. The maximum atomic E-state index is 13.1. The molecule has 0 aliphatic carbocycles. The van der Waals surface area contributed by atoms with Crippen molar-refractivity contribution in [3.63, 3.8) is 0 Å². The van der Waals surface area contributed by atoms with Gasteiger partial charge >= 0.3 is 0 Å². The Kier molecular flexibility index (Phi) is 4.56. The van der Waals surface area contributed by atoms with Crippen LogP contribution < -0.4 is 0 Å². The molecule has 1 unspecified atom stereocenters. The molecule has 106 valence electrons. The van der Waals surface area contributed by atoms with Gasteiger partial charge in [0.25, 0.3) is 0 Å². The van der Waals surface area contributed by atoms with Crippen LogP contribution in [-0.4, -0.2) is 11.7 Å². The predicted molar refractivity (Wildman–Crippen MR) is 80.6 cm³/mol. The first kappa shape index (κ1) is 14.7. The van der Waals surface area contributed by atoms with Crippen molar-refractivity contribution in [3.05, 3.63) is 70.0 Å². The fourth-order valence-corrected chi connectivity index (χ4v) is 3.04. The molecule has 0 heterocycles. The summed E-state index contributed by atoms with van der Waals surface area (Å²) in [5, 5.41) is 9.38. The van der Waals surface area contributed by atoms with E-state index in [1.54, 1.807) is 0 Å². The van der Waals surface area contributed by atoms with Crippen LogP contribution in [0.15, 0.2) is 36.4 Å². The summed E-state index contributed by atoms with van der Waals surface area (Å²) in [4.78, 5) is 0. The van der Waals surface area contributed by atoms with Gasteiger partial charge in [-0.3, -0.25) is 0 Å². The van der Waals surface area contributed by atoms with Gasteiger partial charge in [-0.05, 0) is 61.6 Å². The maximum Gasteiger partial charge on any atom is 0.123 e. The molecule has 20 heavy (non-hydrogen) atoms. The fourth-order valence-electron chi connectivity index (χ4n) is 3.04. The van der Waals surface area contributed by atoms with Crippen molar-refractivity contribution < 1.29 is 9.50 Å². The highest BCUT2D eigenvalue weighted by atomic mass is 19.1. The van der Waals surface area contributed by atoms with E-state index < -0.39 is 0 Å². The highest BCUT2D eigenvalue weighted by molar-refractivity contribution is 5.44. The SMILES string of the molecule is Cc1cc(C)c(C(CCO)c2ccc(F)cc2)c(C)c1. The predicted octanol–water partition coefficient (Wildman–Crippen LogP) is 4.27. The van der Waals surface area contributed by atoms with E-state index in [1.165, 1.54) is 34.4 Å². The first-order valence-corrected chi connectivity index (χ1v) is 6.97. The van der Waals surface area contributed by atoms with Gasteiger partial charge in [-0.25, -0.2) is 4.39 Å². The summed E-state index contributed by atoms with van der Waals surface area (Å²) in [5.41, 5.74) is 5.99. The average Bonchev–Trinajstić information content (AvgIpc) is 2.37. The third kappa shape index (κ3) is 3.07. The molecule has 1 nitrogen and oxygen atoms in total. The molecule has 0 fully saturated rings. The van der Waals surface area contributed by atoms with Crippen molar-refractivity contribution in [2.45, 2.75) is 33.1 Å². The van der Waals surface area contributed by atoms with Crippen LogP contribution in [0.2, 0.25) is 0 Å². The largest absolute Gasteiger partial charge is 0.396 e. The van der Waals surface area contributed by atoms with E-state index in [9.17, 15) is 9.50 Å². The van der Waals surface area contributed by atoms with Crippen LogP contribution in [0, 0.1) is 26.6 Å². The number of hydrogen-bond donors (Lipinski definition) is 1. The Morgan fingerprint density at radius 1 is 1.00 bits per heavy atom. The minimum Gasteiger partial charge on any atom is -0.396 e. The Labute approximate surface area is 120 Å². The highest BCUT2D eigenvalue weighted by Crippen LogP contribution is 2.33. The third-order valence-corrected chi connectivity index (χ3v) is 3.78. The lowest BCUT2D eigenvalue weighted by molar-refractivity contribution is 0.281. The standard InChI is InChI=1S/C18H21FO/c1-12-10-13(2)18(14(3)11-12)17(8-9-20)15-4-6-16(19)7-5-15/h4-7,10-11,17,20H,8-9H2,1-3H3. The van der Waals surface area contributed by atoms with Gasteiger partial charge in [0, 0.05) is 12.5 Å². The topological polar surface area (TPSA) is 20.2 Å². The van der Waals surface area contributed by atoms with Crippen LogP contribution in [0.5, 0.6) is 0 Å². The molecule has 0 aliphatic rings. The van der Waals surface area contributed by atoms with E-state index in [0.29, 0.717) is 6.42 Å². The summed E-state index contributed by atoms with van der Waals surface area (Å²) < 4.78 is 13.1. The zero-order chi connectivity index (χ0) is 14.7. The lowest BCUT2D eigenvalue weighted by atomic mass is 9.83. The third-order valence-electron chi connectivity index (χ3n) is 3.78. The summed E-state index contributed by atoms with van der Waals surface area (Å²) >= 11 is 0. The Morgan fingerprint density at radius 3 is 2.05 bits per heavy atom. The number of rotatable bonds is 4. The van der Waals surface area contributed by atoms with Crippen molar-refractivity contribution in [2.24, 2.45) is 0 Å². The molecule has 0 bridgehead atoms. The quantitative estimate of drug-likeness (QED) is 0.881. The summed E-state index contributed by atoms with van der Waals surface area (Å²) in [6.45, 7) is 6.41. The highest BCUT2D eigenvalue weighted by Gasteiger charge is 2.18. The van der Waals surface area contributed by atoms with Crippen LogP contribution in [0.1, 0.15) is 40.2 Å². The second-order valence-electron chi connectivity index (χ2n) is 5.43. The maximum absolute atomic E-state index is 13.1. The molecule has 0 saturated carbocycles. The zero-order valence-electron chi connectivity index (χ0n) is 12.3. The van der Waals surface area contributed by atoms with Gasteiger partial charge in [0.15, 0.2) is 0 Å². The smallest absolute Gasteiger partial charge is 0.123 e. The molecule has 1 N–H and O–H groups in total. The molecule has 0 amide bonds. The molecule has 0 aromatic heterocycles. The molecule has 1 atom stereocenters. The van der Waals surface area contributed by atoms with Crippen molar-refractivity contribution >= 4 is 0 Å². The van der Waals surface area contributed by atoms with Crippen LogP contribution in [0.4, 0.5) is 4.39 Å². The normalized spacial score (nSPS) is 12.4. The summed E-state index contributed by atoms with van der Waals surface area (Å²) in [5.74, 6) is -0.116. The first-order chi connectivity index (χ1) is 9.52. The Bertz CT molecular complexity index is 564. The van der Waals surface area contributed by atoms with Crippen LogP contribution in [-0.2, 0) is 0 Å². The fraction of sp³-hybridized carbons (Fsp3) is 0.333. The molecule has 0 aliphatic heterocycles. The minimum atomic E-state index is -0.228. The number of aryl methyl sites for hydroxylation is 3. The molecule has 2 aromatic rings. The molecule has 0 radical (unpaired) electrons. The second-order valence-corrected chi connectivity index (χ2v) is 5.43. The summed E-state index contributed by atoms with van der Waals surface area (Å²) in [7, 11) is 0. The monoisotopic (exact) mass is 272 g/mol.